The molecule has 14 heavy (non-hydrogen) atoms. The summed E-state index contributed by atoms with van der Waals surface area (Å²) < 4.78 is 34.4. The Balaban J connectivity index is 2.28. The molecular formula is C8H7BF2O2S. The van der Waals surface area contributed by atoms with Crippen LogP contribution in [0.5, 0.6) is 0 Å². The molecule has 1 aromatic rings. The van der Waals surface area contributed by atoms with Crippen LogP contribution in [0.15, 0.2) is 17.5 Å². The smallest absolute Gasteiger partial charge is 0.600 e. The lowest BCUT2D eigenvalue weighted by atomic mass is 10.1. The van der Waals surface area contributed by atoms with Gasteiger partial charge < -0.3 is 17.9 Å². The molecule has 1 aliphatic rings. The van der Waals surface area contributed by atoms with Gasteiger partial charge in [0.15, 0.2) is 6.10 Å². The van der Waals surface area contributed by atoms with Gasteiger partial charge in [-0.05, 0) is 24.3 Å². The van der Waals surface area contributed by atoms with E-state index in [-0.39, 0.29) is 5.76 Å². The van der Waals surface area contributed by atoms with Crippen molar-refractivity contribution in [1.29, 1.82) is 0 Å². The maximum absolute atomic E-state index is 12.9. The summed E-state index contributed by atoms with van der Waals surface area (Å²) >= 11 is 1.33. The normalized spacial score (nSPS) is 24.8. The van der Waals surface area contributed by atoms with Gasteiger partial charge in [-0.2, -0.15) is 0 Å². The van der Waals surface area contributed by atoms with E-state index in [2.05, 4.69) is 15.4 Å². The Labute approximate surface area is 84.2 Å². The van der Waals surface area contributed by atoms with Gasteiger partial charge in [0.25, 0.3) is 0 Å². The van der Waals surface area contributed by atoms with Gasteiger partial charge in [0.1, 0.15) is 6.08 Å². The average molecular weight is 216 g/mol. The van der Waals surface area contributed by atoms with Crippen LogP contribution in [-0.2, 0) is 9.31 Å². The van der Waals surface area contributed by atoms with Crippen LogP contribution in [0, 0.1) is 6.08 Å². The second kappa shape index (κ2) is 3.31. The molecule has 0 radical (unpaired) electrons. The topological polar surface area (TPSA) is 18.5 Å². The predicted molar refractivity (Wildman–Crippen MR) is 50.6 cm³/mol. The summed E-state index contributed by atoms with van der Waals surface area (Å²) in [5, 5.41) is 1.79. The molecule has 0 fully saturated rings. The monoisotopic (exact) mass is 216 g/mol. The molecule has 2 heterocycles. The molecule has 1 aromatic heterocycles. The molecular weight excluding hydrogens is 209 g/mol. The minimum Gasteiger partial charge on any atom is -0.600 e. The Hall–Kier alpha value is -0.965. The van der Waals surface area contributed by atoms with Crippen molar-refractivity contribution in [3.63, 3.8) is 0 Å². The molecule has 74 valence electrons. The van der Waals surface area contributed by atoms with Gasteiger partial charge in [-0.25, -0.2) is 0 Å². The van der Waals surface area contributed by atoms with Gasteiger partial charge in [-0.1, -0.05) is 0 Å². The fourth-order valence-electron chi connectivity index (χ4n) is 1.19. The van der Waals surface area contributed by atoms with Crippen molar-refractivity contribution in [2.24, 2.45) is 0 Å². The molecule has 0 aliphatic carbocycles. The van der Waals surface area contributed by atoms with Crippen molar-refractivity contribution in [2.45, 2.75) is 13.0 Å². The van der Waals surface area contributed by atoms with E-state index in [9.17, 15) is 8.63 Å². The second-order valence-electron chi connectivity index (χ2n) is 2.88. The molecule has 1 atom stereocenters. The number of rotatable bonds is 1. The van der Waals surface area contributed by atoms with E-state index in [1.807, 2.05) is 0 Å². The summed E-state index contributed by atoms with van der Waals surface area (Å²) in [6.45, 7) is 1.51. The lowest BCUT2D eigenvalue weighted by Gasteiger charge is -2.29. The first-order valence-corrected chi connectivity index (χ1v) is 4.99. The third kappa shape index (κ3) is 1.92. The second-order valence-corrected chi connectivity index (χ2v) is 3.83. The third-order valence-electron chi connectivity index (χ3n) is 1.70. The summed E-state index contributed by atoms with van der Waals surface area (Å²) in [4.78, 5) is 0.640. The van der Waals surface area contributed by atoms with Crippen LogP contribution in [0.2, 0.25) is 0 Å². The Morgan fingerprint density at radius 1 is 1.57 bits per heavy atom. The standard InChI is InChI=1S/C8H7BF2O2S/c1-6-5-7(8-3-2-4-14-8)13-9(10,11)12-6/h2-4,6H,1H3. The maximum atomic E-state index is 12.9. The van der Waals surface area contributed by atoms with Crippen LogP contribution < -0.4 is 0 Å². The summed E-state index contributed by atoms with van der Waals surface area (Å²) in [7, 11) is -4.19. The van der Waals surface area contributed by atoms with E-state index in [4.69, 9.17) is 0 Å². The van der Waals surface area contributed by atoms with Crippen LogP contribution in [-0.4, -0.2) is 13.2 Å². The number of thiophene rings is 1. The Kier molecular flexibility index (Phi) is 2.27. The number of halogens is 2. The first kappa shape index (κ1) is 9.58. The predicted octanol–water partition coefficient (Wildman–Crippen LogP) is 2.70. The Bertz CT molecular complexity index is 350. The molecule has 0 aromatic carbocycles. The van der Waals surface area contributed by atoms with E-state index in [0.29, 0.717) is 4.88 Å². The lowest BCUT2D eigenvalue weighted by Crippen LogP contribution is -2.38. The van der Waals surface area contributed by atoms with Gasteiger partial charge in [0, 0.05) is 11.4 Å². The van der Waals surface area contributed by atoms with Gasteiger partial charge in [-0.15, -0.1) is 0 Å². The van der Waals surface area contributed by atoms with Crippen molar-refractivity contribution >= 4 is 24.2 Å². The average Bonchev–Trinajstić information content (AvgIpc) is 2.51. The molecule has 2 nitrogen and oxygen atoms in total. The fourth-order valence-corrected chi connectivity index (χ4v) is 1.87. The van der Waals surface area contributed by atoms with Crippen molar-refractivity contribution in [3.8, 4) is 0 Å². The highest BCUT2D eigenvalue weighted by atomic mass is 32.1. The van der Waals surface area contributed by atoms with Crippen LogP contribution in [0.4, 0.5) is 8.63 Å². The highest BCUT2D eigenvalue weighted by Crippen LogP contribution is 2.31. The molecule has 0 amide bonds. The molecule has 6 heteroatoms. The van der Waals surface area contributed by atoms with Crippen molar-refractivity contribution in [1.82, 2.24) is 0 Å². The van der Waals surface area contributed by atoms with E-state index in [1.165, 1.54) is 18.3 Å². The zero-order valence-electron chi connectivity index (χ0n) is 7.37. The summed E-state index contributed by atoms with van der Waals surface area (Å²) in [5.41, 5.74) is 0. The van der Waals surface area contributed by atoms with Crippen LogP contribution in [0.3, 0.4) is 0 Å². The van der Waals surface area contributed by atoms with E-state index in [0.717, 1.165) is 0 Å². The Morgan fingerprint density at radius 3 is 2.93 bits per heavy atom. The highest BCUT2D eigenvalue weighted by Gasteiger charge is 2.42. The zero-order valence-corrected chi connectivity index (χ0v) is 8.18. The molecule has 1 aliphatic heterocycles. The molecule has 0 saturated heterocycles. The van der Waals surface area contributed by atoms with E-state index < -0.39 is 13.2 Å². The number of hydrogen-bond donors (Lipinski definition) is 0. The quantitative estimate of drug-likeness (QED) is 0.530. The molecule has 0 saturated carbocycles. The largest absolute Gasteiger partial charge is 0.668 e. The maximum Gasteiger partial charge on any atom is 0.668 e. The van der Waals surface area contributed by atoms with Crippen LogP contribution in [0.25, 0.3) is 5.76 Å². The SMILES string of the molecule is CC1[C+]=C(c2cccs2)O[B-](F)(F)O1. The minimum atomic E-state index is -4.19. The molecule has 1 unspecified atom stereocenters. The highest BCUT2D eigenvalue weighted by molar-refractivity contribution is 7.11. The summed E-state index contributed by atoms with van der Waals surface area (Å²) in [6, 6.07) is 3.47. The summed E-state index contributed by atoms with van der Waals surface area (Å²) in [6.07, 6.45) is 1.95. The fraction of sp³-hybridized carbons (Fsp3) is 0.250. The zero-order chi connectivity index (χ0) is 10.2. The van der Waals surface area contributed by atoms with Crippen LogP contribution in [0.1, 0.15) is 11.8 Å². The molecule has 0 spiro atoms. The van der Waals surface area contributed by atoms with Gasteiger partial charge in [0.05, 0.1) is 0 Å². The van der Waals surface area contributed by atoms with Gasteiger partial charge in [0.2, 0.25) is 4.88 Å². The minimum absolute atomic E-state index is 0.0868. The van der Waals surface area contributed by atoms with Gasteiger partial charge in [-0.3, -0.25) is 0 Å². The Morgan fingerprint density at radius 2 is 2.36 bits per heavy atom. The van der Waals surface area contributed by atoms with Crippen molar-refractivity contribution in [2.75, 3.05) is 0 Å². The van der Waals surface area contributed by atoms with E-state index in [1.54, 1.807) is 17.5 Å². The van der Waals surface area contributed by atoms with Crippen LogP contribution >= 0.6 is 11.3 Å². The molecule has 0 N–H and O–H groups in total. The number of hydrogen-bond acceptors (Lipinski definition) is 3. The summed E-state index contributed by atoms with van der Waals surface area (Å²) in [5.74, 6) is 0.0868. The molecule has 0 bridgehead atoms. The molecule has 2 rings (SSSR count). The van der Waals surface area contributed by atoms with Crippen molar-refractivity contribution < 1.29 is 17.9 Å². The van der Waals surface area contributed by atoms with Gasteiger partial charge >= 0.3 is 12.9 Å². The first-order valence-electron chi connectivity index (χ1n) is 4.11. The third-order valence-corrected chi connectivity index (χ3v) is 2.57. The first-order chi connectivity index (χ1) is 6.57. The lowest BCUT2D eigenvalue weighted by molar-refractivity contribution is 0.0908. The van der Waals surface area contributed by atoms with E-state index >= 15 is 0 Å². The van der Waals surface area contributed by atoms with Crippen molar-refractivity contribution in [3.05, 3.63) is 28.5 Å².